The number of hydrogen-bond donors (Lipinski definition) is 1. The summed E-state index contributed by atoms with van der Waals surface area (Å²) in [6.07, 6.45) is 35.7. The zero-order valence-corrected chi connectivity index (χ0v) is 26.5. The van der Waals surface area contributed by atoms with Crippen LogP contribution in [0.15, 0.2) is 0 Å². The Morgan fingerprint density at radius 2 is 0.769 bits per heavy atom. The summed E-state index contributed by atoms with van der Waals surface area (Å²) in [6, 6.07) is 0. The van der Waals surface area contributed by atoms with Gasteiger partial charge in [-0.2, -0.15) is 0 Å². The minimum absolute atomic E-state index is 0.0262. The van der Waals surface area contributed by atoms with Gasteiger partial charge in [-0.1, -0.05) is 155 Å². The Morgan fingerprint density at radius 1 is 0.462 bits per heavy atom. The molecular weight excluding hydrogens is 484 g/mol. The summed E-state index contributed by atoms with van der Waals surface area (Å²) in [5, 5.41) is 8.68. The normalized spacial score (nSPS) is 12.1. The fourth-order valence-electron chi connectivity index (χ4n) is 5.48. The maximum Gasteiger partial charge on any atom is 0.306 e. The van der Waals surface area contributed by atoms with Crippen LogP contribution in [-0.4, -0.2) is 23.1 Å². The SMILES string of the molecule is CCCCCCCCCCCCCCCCC(=O)OC(CCCCC)CCCCCCCCCCCC(=O)O. The molecule has 0 heterocycles. The van der Waals surface area contributed by atoms with E-state index in [-0.39, 0.29) is 12.1 Å². The fraction of sp³-hybridized carbons (Fsp3) is 0.943. The molecule has 0 saturated heterocycles. The van der Waals surface area contributed by atoms with Crippen molar-refractivity contribution in [1.29, 1.82) is 0 Å². The molecule has 0 aromatic heterocycles. The molecule has 0 aromatic carbocycles. The van der Waals surface area contributed by atoms with Gasteiger partial charge in [0, 0.05) is 12.8 Å². The molecule has 0 amide bonds. The van der Waals surface area contributed by atoms with Gasteiger partial charge in [0.1, 0.15) is 6.10 Å². The van der Waals surface area contributed by atoms with Crippen LogP contribution in [0, 0.1) is 0 Å². The first-order chi connectivity index (χ1) is 19.1. The second-order valence-electron chi connectivity index (χ2n) is 12.1. The Morgan fingerprint density at radius 3 is 1.18 bits per heavy atom. The summed E-state index contributed by atoms with van der Waals surface area (Å²) in [5.74, 6) is -0.651. The van der Waals surface area contributed by atoms with Gasteiger partial charge in [0.15, 0.2) is 0 Å². The highest BCUT2D eigenvalue weighted by atomic mass is 16.5. The predicted molar refractivity (Wildman–Crippen MR) is 167 cm³/mol. The van der Waals surface area contributed by atoms with E-state index >= 15 is 0 Å². The quantitative estimate of drug-likeness (QED) is 0.0665. The Labute approximate surface area is 243 Å². The average Bonchev–Trinajstić information content (AvgIpc) is 2.91. The highest BCUT2D eigenvalue weighted by Gasteiger charge is 2.14. The molecule has 39 heavy (non-hydrogen) atoms. The molecule has 1 N–H and O–H groups in total. The molecular formula is C35H68O4. The van der Waals surface area contributed by atoms with Crippen molar-refractivity contribution in [2.24, 2.45) is 0 Å². The van der Waals surface area contributed by atoms with E-state index in [0.717, 1.165) is 57.8 Å². The van der Waals surface area contributed by atoms with E-state index in [1.807, 2.05) is 0 Å². The van der Waals surface area contributed by atoms with E-state index in [4.69, 9.17) is 9.84 Å². The van der Waals surface area contributed by atoms with Crippen molar-refractivity contribution in [2.45, 2.75) is 213 Å². The van der Waals surface area contributed by atoms with Crippen LogP contribution in [0.25, 0.3) is 0 Å². The van der Waals surface area contributed by atoms with E-state index < -0.39 is 5.97 Å². The number of carboxylic acid groups (broad SMARTS) is 1. The van der Waals surface area contributed by atoms with Crippen LogP contribution < -0.4 is 0 Å². The predicted octanol–water partition coefficient (Wildman–Crippen LogP) is 11.7. The Balaban J connectivity index is 3.72. The zero-order valence-electron chi connectivity index (χ0n) is 26.5. The van der Waals surface area contributed by atoms with Gasteiger partial charge in [0.25, 0.3) is 0 Å². The lowest BCUT2D eigenvalue weighted by molar-refractivity contribution is -0.150. The third-order valence-corrected chi connectivity index (χ3v) is 8.08. The minimum Gasteiger partial charge on any atom is -0.481 e. The molecule has 0 radical (unpaired) electrons. The molecule has 0 aliphatic rings. The van der Waals surface area contributed by atoms with E-state index in [1.54, 1.807) is 0 Å². The molecule has 232 valence electrons. The molecule has 4 nitrogen and oxygen atoms in total. The summed E-state index contributed by atoms with van der Waals surface area (Å²) < 4.78 is 5.93. The summed E-state index contributed by atoms with van der Waals surface area (Å²) in [6.45, 7) is 4.51. The first-order valence-corrected chi connectivity index (χ1v) is 17.5. The molecule has 0 aliphatic carbocycles. The second-order valence-corrected chi connectivity index (χ2v) is 12.1. The molecule has 4 heteroatoms. The zero-order chi connectivity index (χ0) is 28.7. The van der Waals surface area contributed by atoms with Gasteiger partial charge in [-0.25, -0.2) is 0 Å². The van der Waals surface area contributed by atoms with Gasteiger partial charge in [0.05, 0.1) is 0 Å². The second kappa shape index (κ2) is 31.5. The van der Waals surface area contributed by atoms with Gasteiger partial charge in [-0.05, 0) is 38.5 Å². The number of unbranched alkanes of at least 4 members (excludes halogenated alkanes) is 23. The van der Waals surface area contributed by atoms with Gasteiger partial charge < -0.3 is 9.84 Å². The largest absolute Gasteiger partial charge is 0.481 e. The number of carbonyl (C=O) groups is 2. The van der Waals surface area contributed by atoms with E-state index in [1.165, 1.54) is 122 Å². The summed E-state index contributed by atoms with van der Waals surface area (Å²) in [5.41, 5.74) is 0. The first-order valence-electron chi connectivity index (χ1n) is 17.5. The molecule has 0 aliphatic heterocycles. The van der Waals surface area contributed by atoms with E-state index in [0.29, 0.717) is 12.8 Å². The van der Waals surface area contributed by atoms with Crippen molar-refractivity contribution in [3.8, 4) is 0 Å². The van der Waals surface area contributed by atoms with Crippen LogP contribution >= 0.6 is 0 Å². The maximum absolute atomic E-state index is 12.5. The molecule has 1 atom stereocenters. The monoisotopic (exact) mass is 553 g/mol. The van der Waals surface area contributed by atoms with Gasteiger partial charge in [-0.3, -0.25) is 9.59 Å². The lowest BCUT2D eigenvalue weighted by Crippen LogP contribution is -2.18. The van der Waals surface area contributed by atoms with Crippen molar-refractivity contribution in [3.63, 3.8) is 0 Å². The van der Waals surface area contributed by atoms with Crippen molar-refractivity contribution < 1.29 is 19.4 Å². The van der Waals surface area contributed by atoms with Crippen molar-refractivity contribution in [1.82, 2.24) is 0 Å². The highest BCUT2D eigenvalue weighted by Crippen LogP contribution is 2.18. The highest BCUT2D eigenvalue weighted by molar-refractivity contribution is 5.69. The van der Waals surface area contributed by atoms with Crippen LogP contribution in [0.4, 0.5) is 0 Å². The third kappa shape index (κ3) is 31.3. The first kappa shape index (κ1) is 37.9. The summed E-state index contributed by atoms with van der Waals surface area (Å²) in [4.78, 5) is 23.0. The van der Waals surface area contributed by atoms with Gasteiger partial charge in [0.2, 0.25) is 0 Å². The van der Waals surface area contributed by atoms with Crippen LogP contribution in [0.2, 0.25) is 0 Å². The maximum atomic E-state index is 12.5. The lowest BCUT2D eigenvalue weighted by Gasteiger charge is -2.18. The number of ether oxygens (including phenoxy) is 1. The van der Waals surface area contributed by atoms with Crippen LogP contribution in [-0.2, 0) is 14.3 Å². The molecule has 0 spiro atoms. The summed E-state index contributed by atoms with van der Waals surface area (Å²) in [7, 11) is 0. The van der Waals surface area contributed by atoms with Crippen LogP contribution in [0.5, 0.6) is 0 Å². The molecule has 0 rings (SSSR count). The number of carboxylic acids is 1. The number of aliphatic carboxylic acids is 1. The Hall–Kier alpha value is -1.06. The van der Waals surface area contributed by atoms with Gasteiger partial charge >= 0.3 is 11.9 Å². The molecule has 0 fully saturated rings. The average molecular weight is 553 g/mol. The number of hydrogen-bond acceptors (Lipinski definition) is 3. The third-order valence-electron chi connectivity index (χ3n) is 8.08. The van der Waals surface area contributed by atoms with Crippen LogP contribution in [0.1, 0.15) is 206 Å². The molecule has 0 saturated carbocycles. The van der Waals surface area contributed by atoms with Crippen LogP contribution in [0.3, 0.4) is 0 Å². The van der Waals surface area contributed by atoms with Crippen molar-refractivity contribution in [3.05, 3.63) is 0 Å². The topological polar surface area (TPSA) is 63.6 Å². The Bertz CT molecular complexity index is 519. The number of esters is 1. The molecule has 1 unspecified atom stereocenters. The standard InChI is InChI=1S/C35H68O4/c1-3-5-7-8-9-10-11-12-13-14-18-21-24-28-32-35(38)39-33(29-25-6-4-2)30-26-22-19-16-15-17-20-23-27-31-34(36)37/h33H,3-32H2,1-2H3,(H,36,37). The molecule has 0 aromatic rings. The number of rotatable bonds is 32. The Kier molecular flexibility index (Phi) is 30.6. The van der Waals surface area contributed by atoms with Crippen molar-refractivity contribution in [2.75, 3.05) is 0 Å². The smallest absolute Gasteiger partial charge is 0.306 e. The minimum atomic E-state index is -0.677. The molecule has 0 bridgehead atoms. The summed E-state index contributed by atoms with van der Waals surface area (Å²) >= 11 is 0. The van der Waals surface area contributed by atoms with Crippen molar-refractivity contribution >= 4 is 11.9 Å². The number of carbonyl (C=O) groups excluding carboxylic acids is 1. The lowest BCUT2D eigenvalue weighted by atomic mass is 10.0. The fourth-order valence-corrected chi connectivity index (χ4v) is 5.48. The van der Waals surface area contributed by atoms with E-state index in [9.17, 15) is 9.59 Å². The van der Waals surface area contributed by atoms with Gasteiger partial charge in [-0.15, -0.1) is 0 Å². The van der Waals surface area contributed by atoms with E-state index in [2.05, 4.69) is 13.8 Å².